The summed E-state index contributed by atoms with van der Waals surface area (Å²) in [7, 11) is 0. The molecule has 0 spiro atoms. The van der Waals surface area contributed by atoms with Crippen molar-refractivity contribution in [3.63, 3.8) is 0 Å². The summed E-state index contributed by atoms with van der Waals surface area (Å²) in [6, 6.07) is 37.2. The zero-order chi connectivity index (χ0) is 26.0. The molecule has 8 rings (SSSR count). The molecule has 0 radical (unpaired) electrons. The summed E-state index contributed by atoms with van der Waals surface area (Å²) in [4.78, 5) is 9.62. The summed E-state index contributed by atoms with van der Waals surface area (Å²) in [6.07, 6.45) is 2.72. The minimum atomic E-state index is -0.424. The molecule has 0 saturated heterocycles. The summed E-state index contributed by atoms with van der Waals surface area (Å²) in [5.74, 6) is 3.04. The van der Waals surface area contributed by atoms with E-state index in [0.29, 0.717) is 5.90 Å². The normalized spacial score (nSPS) is 19.5. The Morgan fingerprint density at radius 3 is 2.54 bits per heavy atom. The van der Waals surface area contributed by atoms with Crippen LogP contribution in [0.15, 0.2) is 120 Å². The summed E-state index contributed by atoms with van der Waals surface area (Å²) in [6.45, 7) is 2.15. The summed E-state index contributed by atoms with van der Waals surface area (Å²) < 4.78 is 15.1. The van der Waals surface area contributed by atoms with Gasteiger partial charge >= 0.3 is 0 Å². The predicted octanol–water partition coefficient (Wildman–Crippen LogP) is 7.59. The molecular formula is C34H25N3O2. The van der Waals surface area contributed by atoms with Gasteiger partial charge in [0, 0.05) is 34.2 Å². The van der Waals surface area contributed by atoms with Crippen LogP contribution >= 0.6 is 0 Å². The molecule has 39 heavy (non-hydrogen) atoms. The van der Waals surface area contributed by atoms with Crippen LogP contribution in [0.4, 0.5) is 0 Å². The molecule has 1 aliphatic heterocycles. The van der Waals surface area contributed by atoms with Crippen molar-refractivity contribution in [2.45, 2.75) is 25.0 Å². The maximum Gasteiger partial charge on any atom is 0.217 e. The first kappa shape index (κ1) is 22.1. The number of fused-ring (bicyclic) bond motifs is 6. The van der Waals surface area contributed by atoms with Gasteiger partial charge in [0.25, 0.3) is 0 Å². The smallest absolute Gasteiger partial charge is 0.217 e. The Morgan fingerprint density at radius 2 is 1.62 bits per heavy atom. The lowest BCUT2D eigenvalue weighted by molar-refractivity contribution is 0.0865. The van der Waals surface area contributed by atoms with Crippen molar-refractivity contribution in [3.05, 3.63) is 132 Å². The molecule has 2 aromatic heterocycles. The molecule has 4 aromatic carbocycles. The highest BCUT2D eigenvalue weighted by atomic mass is 16.5. The Morgan fingerprint density at radius 1 is 0.795 bits per heavy atom. The lowest BCUT2D eigenvalue weighted by Crippen LogP contribution is -2.30. The molecule has 0 amide bonds. The van der Waals surface area contributed by atoms with Crippen LogP contribution < -0.4 is 4.74 Å². The summed E-state index contributed by atoms with van der Waals surface area (Å²) in [5.41, 5.74) is 5.21. The van der Waals surface area contributed by atoms with Gasteiger partial charge in [-0.15, -0.1) is 0 Å². The Labute approximate surface area is 226 Å². The van der Waals surface area contributed by atoms with E-state index in [1.165, 1.54) is 16.5 Å². The van der Waals surface area contributed by atoms with Gasteiger partial charge in [-0.1, -0.05) is 54.6 Å². The molecule has 2 aliphatic rings. The predicted molar refractivity (Wildman–Crippen MR) is 154 cm³/mol. The molecule has 0 unspecified atom stereocenters. The second-order valence-corrected chi connectivity index (χ2v) is 10.4. The average molecular weight is 508 g/mol. The molecule has 0 fully saturated rings. The number of hydrogen-bond acceptors (Lipinski definition) is 4. The standard InChI is InChI=1S/C34H25N3O2/c1-34-28-13-4-2-9-22(28)20-31(34)36-33(39-34)23-10-8-11-24(19-23)38-25-16-17-27-26-12-3-5-14-29(26)37(30(27)21-25)32-15-6-7-18-35-32/h2-19,21,31H,20H2,1H3/t31-,34+/m1/s1. The van der Waals surface area contributed by atoms with Crippen molar-refractivity contribution >= 4 is 27.7 Å². The van der Waals surface area contributed by atoms with E-state index in [0.717, 1.165) is 45.7 Å². The number of para-hydroxylation sites is 1. The van der Waals surface area contributed by atoms with Crippen molar-refractivity contribution in [1.82, 2.24) is 9.55 Å². The van der Waals surface area contributed by atoms with Crippen LogP contribution in [0.1, 0.15) is 23.6 Å². The fourth-order valence-electron chi connectivity index (χ4n) is 6.13. The van der Waals surface area contributed by atoms with Crippen LogP contribution in [0, 0.1) is 0 Å². The van der Waals surface area contributed by atoms with Gasteiger partial charge in [-0.3, -0.25) is 4.57 Å². The van der Waals surface area contributed by atoms with Crippen molar-refractivity contribution in [2.24, 2.45) is 4.99 Å². The Balaban J connectivity index is 1.14. The number of rotatable bonds is 4. The monoisotopic (exact) mass is 507 g/mol. The largest absolute Gasteiger partial charge is 0.464 e. The Hall–Kier alpha value is -4.90. The van der Waals surface area contributed by atoms with E-state index in [1.807, 2.05) is 54.7 Å². The summed E-state index contributed by atoms with van der Waals surface area (Å²) in [5, 5.41) is 2.34. The van der Waals surface area contributed by atoms with Crippen molar-refractivity contribution in [3.8, 4) is 17.3 Å². The van der Waals surface area contributed by atoms with Gasteiger partial charge in [-0.25, -0.2) is 9.98 Å². The van der Waals surface area contributed by atoms with Gasteiger partial charge in [-0.2, -0.15) is 0 Å². The summed E-state index contributed by atoms with van der Waals surface area (Å²) >= 11 is 0. The van der Waals surface area contributed by atoms with Crippen molar-refractivity contribution in [2.75, 3.05) is 0 Å². The van der Waals surface area contributed by atoms with Crippen molar-refractivity contribution < 1.29 is 9.47 Å². The number of aromatic nitrogens is 2. The minimum Gasteiger partial charge on any atom is -0.464 e. The van der Waals surface area contributed by atoms with E-state index in [4.69, 9.17) is 14.5 Å². The average Bonchev–Trinajstić information content (AvgIpc) is 3.58. The number of benzene rings is 4. The third-order valence-electron chi connectivity index (χ3n) is 8.02. The van der Waals surface area contributed by atoms with Gasteiger partial charge < -0.3 is 9.47 Å². The van der Waals surface area contributed by atoms with Crippen LogP contribution in [0.2, 0.25) is 0 Å². The molecule has 0 saturated carbocycles. The van der Waals surface area contributed by atoms with Crippen molar-refractivity contribution in [1.29, 1.82) is 0 Å². The maximum absolute atomic E-state index is 6.53. The lowest BCUT2D eigenvalue weighted by atomic mass is 9.96. The van der Waals surface area contributed by atoms with E-state index in [2.05, 4.69) is 77.1 Å². The zero-order valence-electron chi connectivity index (χ0n) is 21.4. The first-order chi connectivity index (χ1) is 19.2. The molecule has 5 nitrogen and oxygen atoms in total. The molecule has 1 aliphatic carbocycles. The highest BCUT2D eigenvalue weighted by Gasteiger charge is 2.50. The van der Waals surface area contributed by atoms with Gasteiger partial charge in [0.1, 0.15) is 23.4 Å². The van der Waals surface area contributed by atoms with Gasteiger partial charge in [-0.05, 0) is 67.4 Å². The fraction of sp³-hybridized carbons (Fsp3) is 0.118. The SMILES string of the molecule is C[C@@]12OC(c3cccc(Oc4ccc5c6ccccc6n(-c6ccccn6)c5c4)c3)=N[C@@H]1Cc1ccccc12. The van der Waals surface area contributed by atoms with Crippen LogP contribution in [0.3, 0.4) is 0 Å². The number of aliphatic imine (C=N–C) groups is 1. The topological polar surface area (TPSA) is 48.6 Å². The number of ether oxygens (including phenoxy) is 2. The van der Waals surface area contributed by atoms with Crippen LogP contribution in [-0.2, 0) is 16.8 Å². The highest BCUT2D eigenvalue weighted by molar-refractivity contribution is 6.09. The molecular weight excluding hydrogens is 482 g/mol. The molecule has 188 valence electrons. The first-order valence-corrected chi connectivity index (χ1v) is 13.3. The lowest BCUT2D eigenvalue weighted by Gasteiger charge is -2.24. The van der Waals surface area contributed by atoms with Gasteiger partial charge in [0.15, 0.2) is 5.60 Å². The molecule has 0 bridgehead atoms. The third-order valence-corrected chi connectivity index (χ3v) is 8.02. The van der Waals surface area contributed by atoms with Crippen LogP contribution in [-0.4, -0.2) is 21.5 Å². The number of nitrogens with zero attached hydrogens (tertiary/aromatic N) is 3. The third kappa shape index (κ3) is 3.40. The van der Waals surface area contributed by atoms with Gasteiger partial charge in [0.2, 0.25) is 5.90 Å². The zero-order valence-corrected chi connectivity index (χ0v) is 21.4. The van der Waals surface area contributed by atoms with E-state index >= 15 is 0 Å². The molecule has 2 atom stereocenters. The van der Waals surface area contributed by atoms with Crippen LogP contribution in [0.25, 0.3) is 27.6 Å². The maximum atomic E-state index is 6.53. The fourth-order valence-corrected chi connectivity index (χ4v) is 6.13. The van der Waals surface area contributed by atoms with Crippen LogP contribution in [0.5, 0.6) is 11.5 Å². The second kappa shape index (κ2) is 8.30. The Kier molecular flexibility index (Phi) is 4.71. The second-order valence-electron chi connectivity index (χ2n) is 10.4. The first-order valence-electron chi connectivity index (χ1n) is 13.3. The van der Waals surface area contributed by atoms with E-state index in [-0.39, 0.29) is 6.04 Å². The van der Waals surface area contributed by atoms with E-state index < -0.39 is 5.60 Å². The number of hydrogen-bond donors (Lipinski definition) is 0. The van der Waals surface area contributed by atoms with E-state index in [9.17, 15) is 0 Å². The molecule has 6 aromatic rings. The molecule has 0 N–H and O–H groups in total. The quantitative estimate of drug-likeness (QED) is 0.247. The number of pyridine rings is 1. The molecule has 5 heteroatoms. The van der Waals surface area contributed by atoms with E-state index in [1.54, 1.807) is 0 Å². The minimum absolute atomic E-state index is 0.0883. The Bertz CT molecular complexity index is 1920. The highest BCUT2D eigenvalue weighted by Crippen LogP contribution is 2.46. The molecule has 3 heterocycles. The van der Waals surface area contributed by atoms with Gasteiger partial charge in [0.05, 0.1) is 11.0 Å².